The first-order chi connectivity index (χ1) is 18.1. The zero-order chi connectivity index (χ0) is 27.2. The molecule has 9 atom stereocenters. The molecule has 1 heterocycles. The summed E-state index contributed by atoms with van der Waals surface area (Å²) in [6.07, 6.45) is 13.8. The van der Waals surface area contributed by atoms with Crippen molar-refractivity contribution in [2.24, 2.45) is 40.4 Å². The molecule has 5 nitrogen and oxygen atoms in total. The molecule has 0 aromatic rings. The highest BCUT2D eigenvalue weighted by Gasteiger charge is 2.63. The lowest BCUT2D eigenvalue weighted by molar-refractivity contribution is -0.151. The molecule has 0 spiro atoms. The predicted molar refractivity (Wildman–Crippen MR) is 148 cm³/mol. The Morgan fingerprint density at radius 1 is 1.11 bits per heavy atom. The van der Waals surface area contributed by atoms with Crippen LogP contribution in [-0.4, -0.2) is 30.8 Å². The number of carbonyl (C=O) groups excluding carboxylic acids is 2. The van der Waals surface area contributed by atoms with Crippen LogP contribution in [-0.2, 0) is 23.8 Å². The van der Waals surface area contributed by atoms with Gasteiger partial charge in [-0.2, -0.15) is 0 Å². The molecule has 0 aromatic heterocycles. The molecule has 4 aliphatic carbocycles. The number of rotatable bonds is 8. The SMILES string of the molecule is CCC(=O)OC[C@H](C)CCC1=C(C)[C@H]2[C@H](C[C@H]3[C@H]4CC=C5C[C@@H](OC(=O)CC)CC[C@]5(C)[C@@H]4CC[C@@]32C)O1. The largest absolute Gasteiger partial charge is 0.494 e. The summed E-state index contributed by atoms with van der Waals surface area (Å²) >= 11 is 0. The van der Waals surface area contributed by atoms with E-state index in [9.17, 15) is 9.59 Å². The van der Waals surface area contributed by atoms with E-state index in [-0.39, 0.29) is 23.5 Å². The molecule has 0 saturated heterocycles. The number of hydrogen-bond donors (Lipinski definition) is 0. The second-order valence-electron chi connectivity index (χ2n) is 13.7. The third-order valence-electron chi connectivity index (χ3n) is 11.5. The molecular formula is C33H50O5. The van der Waals surface area contributed by atoms with Gasteiger partial charge in [-0.1, -0.05) is 46.3 Å². The summed E-state index contributed by atoms with van der Waals surface area (Å²) in [6.45, 7) is 13.8. The van der Waals surface area contributed by atoms with E-state index in [4.69, 9.17) is 14.2 Å². The summed E-state index contributed by atoms with van der Waals surface area (Å²) < 4.78 is 17.9. The van der Waals surface area contributed by atoms with E-state index in [0.717, 1.165) is 43.9 Å². The number of hydrogen-bond acceptors (Lipinski definition) is 5. The quantitative estimate of drug-likeness (QED) is 0.241. The maximum atomic E-state index is 11.9. The van der Waals surface area contributed by atoms with Crippen molar-refractivity contribution >= 4 is 11.9 Å². The smallest absolute Gasteiger partial charge is 0.305 e. The number of carbonyl (C=O) groups is 2. The second-order valence-corrected chi connectivity index (χ2v) is 13.7. The van der Waals surface area contributed by atoms with Gasteiger partial charge in [-0.15, -0.1) is 0 Å². The van der Waals surface area contributed by atoms with Gasteiger partial charge in [0.2, 0.25) is 0 Å². The zero-order valence-electron chi connectivity index (χ0n) is 24.6. The van der Waals surface area contributed by atoms with E-state index < -0.39 is 0 Å². The van der Waals surface area contributed by atoms with Crippen molar-refractivity contribution in [3.05, 3.63) is 23.0 Å². The normalized spacial score (nSPS) is 40.2. The van der Waals surface area contributed by atoms with Gasteiger partial charge in [0.05, 0.1) is 12.4 Å². The highest BCUT2D eigenvalue weighted by atomic mass is 16.5. The Kier molecular flexibility index (Phi) is 7.79. The van der Waals surface area contributed by atoms with E-state index in [2.05, 4.69) is 33.8 Å². The minimum atomic E-state index is -0.111. The van der Waals surface area contributed by atoms with Gasteiger partial charge in [0, 0.05) is 31.6 Å². The maximum absolute atomic E-state index is 11.9. The third kappa shape index (κ3) is 4.74. The molecule has 38 heavy (non-hydrogen) atoms. The van der Waals surface area contributed by atoms with Crippen molar-refractivity contribution in [1.82, 2.24) is 0 Å². The van der Waals surface area contributed by atoms with Crippen molar-refractivity contribution in [2.45, 2.75) is 124 Å². The Morgan fingerprint density at radius 3 is 2.61 bits per heavy atom. The fourth-order valence-electron chi connectivity index (χ4n) is 9.38. The topological polar surface area (TPSA) is 61.8 Å². The molecule has 5 heteroatoms. The summed E-state index contributed by atoms with van der Waals surface area (Å²) in [5.41, 5.74) is 3.63. The van der Waals surface area contributed by atoms with Gasteiger partial charge in [-0.3, -0.25) is 9.59 Å². The molecule has 3 saturated carbocycles. The van der Waals surface area contributed by atoms with Crippen LogP contribution in [0.25, 0.3) is 0 Å². The Balaban J connectivity index is 1.26. The summed E-state index contributed by atoms with van der Waals surface area (Å²) in [4.78, 5) is 23.4. The molecule has 3 fully saturated rings. The highest BCUT2D eigenvalue weighted by Crippen LogP contribution is 2.69. The highest BCUT2D eigenvalue weighted by molar-refractivity contribution is 5.69. The van der Waals surface area contributed by atoms with Crippen LogP contribution in [0.15, 0.2) is 23.0 Å². The number of esters is 2. The fraction of sp³-hybridized carbons (Fsp3) is 0.818. The first kappa shape index (κ1) is 27.8. The lowest BCUT2D eigenvalue weighted by Crippen LogP contribution is -2.50. The minimum absolute atomic E-state index is 0.0593. The predicted octanol–water partition coefficient (Wildman–Crippen LogP) is 7.54. The van der Waals surface area contributed by atoms with Crippen LogP contribution in [0.1, 0.15) is 112 Å². The zero-order valence-corrected chi connectivity index (χ0v) is 24.6. The fourth-order valence-corrected chi connectivity index (χ4v) is 9.38. The Hall–Kier alpha value is -1.78. The number of ether oxygens (including phenoxy) is 3. The van der Waals surface area contributed by atoms with Gasteiger partial charge in [0.25, 0.3) is 0 Å². The molecule has 0 unspecified atom stereocenters. The van der Waals surface area contributed by atoms with Crippen LogP contribution in [0.3, 0.4) is 0 Å². The summed E-state index contributed by atoms with van der Waals surface area (Å²) in [7, 11) is 0. The minimum Gasteiger partial charge on any atom is -0.494 e. The van der Waals surface area contributed by atoms with Crippen molar-refractivity contribution in [2.75, 3.05) is 6.61 Å². The van der Waals surface area contributed by atoms with Gasteiger partial charge in [0.15, 0.2) is 0 Å². The maximum Gasteiger partial charge on any atom is 0.305 e. The van der Waals surface area contributed by atoms with E-state index in [0.29, 0.717) is 48.7 Å². The van der Waals surface area contributed by atoms with Crippen LogP contribution in [0.4, 0.5) is 0 Å². The Morgan fingerprint density at radius 2 is 1.87 bits per heavy atom. The summed E-state index contributed by atoms with van der Waals surface area (Å²) in [5, 5.41) is 0. The lowest BCUT2D eigenvalue weighted by Gasteiger charge is -2.58. The van der Waals surface area contributed by atoms with Crippen molar-refractivity contribution in [1.29, 1.82) is 0 Å². The Bertz CT molecular complexity index is 995. The van der Waals surface area contributed by atoms with Gasteiger partial charge < -0.3 is 14.2 Å². The van der Waals surface area contributed by atoms with E-state index >= 15 is 0 Å². The first-order valence-corrected chi connectivity index (χ1v) is 15.5. The van der Waals surface area contributed by atoms with Gasteiger partial charge in [0.1, 0.15) is 12.2 Å². The van der Waals surface area contributed by atoms with Gasteiger partial charge in [-0.25, -0.2) is 0 Å². The monoisotopic (exact) mass is 526 g/mol. The molecule has 0 N–H and O–H groups in total. The molecule has 0 bridgehead atoms. The molecule has 5 aliphatic rings. The molecule has 1 aliphatic heterocycles. The van der Waals surface area contributed by atoms with Crippen LogP contribution in [0, 0.1) is 40.4 Å². The average Bonchev–Trinajstić information content (AvgIpc) is 3.38. The van der Waals surface area contributed by atoms with Crippen molar-refractivity contribution in [3.8, 4) is 0 Å². The van der Waals surface area contributed by atoms with Gasteiger partial charge in [-0.05, 0) is 91.9 Å². The van der Waals surface area contributed by atoms with Crippen LogP contribution < -0.4 is 0 Å². The first-order valence-electron chi connectivity index (χ1n) is 15.5. The number of allylic oxidation sites excluding steroid dienone is 2. The standard InChI is InChI=1S/C33H50O5/c1-7-29(34)36-19-20(3)9-12-27-21(4)31-28(38-27)18-26-24-11-10-22-17-23(37-30(35)8-2)13-15-32(22,5)25(24)14-16-33(26,31)6/h10,20,23-26,28,31H,7-9,11-19H2,1-6H3/t20-,23+,24+,25-,26+,28+,31+,32+,33+/m1/s1. The molecule has 0 amide bonds. The molecule has 212 valence electrons. The van der Waals surface area contributed by atoms with Crippen LogP contribution in [0.2, 0.25) is 0 Å². The van der Waals surface area contributed by atoms with E-state index in [1.54, 1.807) is 5.57 Å². The molecule has 5 rings (SSSR count). The third-order valence-corrected chi connectivity index (χ3v) is 11.5. The summed E-state index contributed by atoms with van der Waals surface area (Å²) in [5.74, 6) is 4.11. The molecule has 0 radical (unpaired) electrons. The number of fused-ring (bicyclic) bond motifs is 7. The van der Waals surface area contributed by atoms with E-state index in [1.165, 1.54) is 37.0 Å². The molecule has 0 aromatic carbocycles. The van der Waals surface area contributed by atoms with Crippen LogP contribution in [0.5, 0.6) is 0 Å². The summed E-state index contributed by atoms with van der Waals surface area (Å²) in [6, 6.07) is 0. The van der Waals surface area contributed by atoms with Crippen molar-refractivity contribution in [3.63, 3.8) is 0 Å². The average molecular weight is 527 g/mol. The Labute approximate surface area is 230 Å². The lowest BCUT2D eigenvalue weighted by atomic mass is 9.47. The second kappa shape index (κ2) is 10.7. The van der Waals surface area contributed by atoms with Gasteiger partial charge >= 0.3 is 11.9 Å². The van der Waals surface area contributed by atoms with Crippen molar-refractivity contribution < 1.29 is 23.8 Å². The molecular weight excluding hydrogens is 476 g/mol. The van der Waals surface area contributed by atoms with Crippen LogP contribution >= 0.6 is 0 Å². The van der Waals surface area contributed by atoms with E-state index in [1.807, 2.05) is 13.8 Å².